The molecule has 1 aromatic carbocycles. The number of thiocarbonyl (C=S) groups is 1. The summed E-state index contributed by atoms with van der Waals surface area (Å²) >= 11 is 9.83. The van der Waals surface area contributed by atoms with Gasteiger partial charge in [-0.2, -0.15) is 0 Å². The minimum absolute atomic E-state index is 0.373. The van der Waals surface area contributed by atoms with E-state index >= 15 is 0 Å². The molecule has 5 heteroatoms. The molecule has 118 valence electrons. The molecule has 0 aliphatic carbocycles. The number of hydrogen-bond donors (Lipinski definition) is 2. The average molecular weight is 334 g/mol. The summed E-state index contributed by atoms with van der Waals surface area (Å²) in [7, 11) is 0. The molecule has 0 bridgehead atoms. The van der Waals surface area contributed by atoms with Gasteiger partial charge in [-0.3, -0.25) is 4.90 Å². The lowest BCUT2D eigenvalue weighted by atomic mass is 9.90. The fraction of sp³-hybridized carbons (Fsp3) is 0.471. The number of hydrogen-bond acceptors (Lipinski definition) is 2. The van der Waals surface area contributed by atoms with E-state index in [0.29, 0.717) is 16.3 Å². The number of piperazine rings is 1. The second-order valence-electron chi connectivity index (χ2n) is 6.01. The van der Waals surface area contributed by atoms with Crippen molar-refractivity contribution in [1.82, 2.24) is 14.8 Å². The van der Waals surface area contributed by atoms with Crippen LogP contribution in [0.4, 0.5) is 0 Å². The average Bonchev–Trinajstić information content (AvgIpc) is 2.97. The van der Waals surface area contributed by atoms with Gasteiger partial charge in [0.1, 0.15) is 4.32 Å². The molecule has 0 spiro atoms. The summed E-state index contributed by atoms with van der Waals surface area (Å²) in [6.45, 7) is 8.69. The quantitative estimate of drug-likeness (QED) is 0.663. The van der Waals surface area contributed by atoms with E-state index in [-0.39, 0.29) is 0 Å². The molecule has 0 radical (unpaired) electrons. The Kier molecular flexibility index (Phi) is 4.76. The Balaban J connectivity index is 1.93. The van der Waals surface area contributed by atoms with Gasteiger partial charge in [-0.1, -0.05) is 44.3 Å². The molecule has 1 aliphatic heterocycles. The number of aromatic amines is 1. The van der Waals surface area contributed by atoms with Gasteiger partial charge in [0, 0.05) is 48.7 Å². The molecule has 1 N–H and O–H groups in total. The first-order valence-electron chi connectivity index (χ1n) is 7.89. The fourth-order valence-electron chi connectivity index (χ4n) is 3.50. The molecule has 2 aromatic rings. The number of aromatic nitrogens is 1. The Morgan fingerprint density at radius 3 is 2.91 bits per heavy atom. The SMILES string of the molecule is CCN1CCN(C(=S)S)C(C(C)c2c[nH]c3ccccc23)C1. The van der Waals surface area contributed by atoms with Crippen LogP contribution in [-0.4, -0.2) is 51.3 Å². The molecule has 0 amide bonds. The van der Waals surface area contributed by atoms with Crippen molar-refractivity contribution in [3.05, 3.63) is 36.0 Å². The zero-order chi connectivity index (χ0) is 15.7. The van der Waals surface area contributed by atoms with Gasteiger partial charge in [0.05, 0.1) is 0 Å². The van der Waals surface area contributed by atoms with E-state index in [1.54, 1.807) is 0 Å². The minimum atomic E-state index is 0.373. The molecule has 2 unspecified atom stereocenters. The van der Waals surface area contributed by atoms with Crippen molar-refractivity contribution >= 4 is 40.1 Å². The highest BCUT2D eigenvalue weighted by atomic mass is 32.1. The van der Waals surface area contributed by atoms with Crippen molar-refractivity contribution in [2.75, 3.05) is 26.2 Å². The second-order valence-corrected chi connectivity index (χ2v) is 7.13. The van der Waals surface area contributed by atoms with Crippen molar-refractivity contribution in [1.29, 1.82) is 0 Å². The molecular formula is C17H23N3S2. The van der Waals surface area contributed by atoms with Crippen LogP contribution in [-0.2, 0) is 0 Å². The lowest BCUT2D eigenvalue weighted by Crippen LogP contribution is -2.55. The van der Waals surface area contributed by atoms with Gasteiger partial charge < -0.3 is 9.88 Å². The maximum atomic E-state index is 5.38. The van der Waals surface area contributed by atoms with Gasteiger partial charge in [0.2, 0.25) is 0 Å². The van der Waals surface area contributed by atoms with Crippen LogP contribution >= 0.6 is 24.8 Å². The molecule has 1 aromatic heterocycles. The Labute approximate surface area is 143 Å². The highest BCUT2D eigenvalue weighted by Crippen LogP contribution is 2.32. The van der Waals surface area contributed by atoms with Gasteiger partial charge in [0.15, 0.2) is 0 Å². The standard InChI is InChI=1S/C17H23N3S2/c1-3-19-8-9-20(17(21)22)16(11-19)12(2)14-10-18-15-7-5-4-6-13(14)15/h4-7,10,12,16,18H,3,8-9,11H2,1-2H3,(H,21,22). The van der Waals surface area contributed by atoms with Gasteiger partial charge in [-0.15, -0.1) is 12.6 Å². The summed E-state index contributed by atoms with van der Waals surface area (Å²) in [4.78, 5) is 8.18. The number of fused-ring (bicyclic) bond motifs is 1. The van der Waals surface area contributed by atoms with E-state index in [2.05, 4.69) is 71.7 Å². The molecule has 3 rings (SSSR count). The van der Waals surface area contributed by atoms with Crippen molar-refractivity contribution in [2.24, 2.45) is 0 Å². The summed E-state index contributed by atoms with van der Waals surface area (Å²) in [5, 5.41) is 1.31. The van der Waals surface area contributed by atoms with Gasteiger partial charge in [0.25, 0.3) is 0 Å². The van der Waals surface area contributed by atoms with Gasteiger partial charge in [-0.05, 0) is 18.2 Å². The lowest BCUT2D eigenvalue weighted by Gasteiger charge is -2.44. The topological polar surface area (TPSA) is 22.3 Å². The number of thiol groups is 1. The lowest BCUT2D eigenvalue weighted by molar-refractivity contribution is 0.122. The Morgan fingerprint density at radius 2 is 2.18 bits per heavy atom. The number of likely N-dealkylation sites (N-methyl/N-ethyl adjacent to an activating group) is 1. The van der Waals surface area contributed by atoms with E-state index < -0.39 is 0 Å². The van der Waals surface area contributed by atoms with Crippen molar-refractivity contribution in [2.45, 2.75) is 25.8 Å². The summed E-state index contributed by atoms with van der Waals surface area (Å²) in [5.74, 6) is 0.399. The van der Waals surface area contributed by atoms with Crippen LogP contribution in [0.15, 0.2) is 30.5 Å². The molecule has 2 atom stereocenters. The zero-order valence-corrected chi connectivity index (χ0v) is 14.8. The Morgan fingerprint density at radius 1 is 1.41 bits per heavy atom. The summed E-state index contributed by atoms with van der Waals surface area (Å²) in [6.07, 6.45) is 2.15. The monoisotopic (exact) mass is 333 g/mol. The number of H-pyrrole nitrogens is 1. The van der Waals surface area contributed by atoms with E-state index in [0.717, 1.165) is 26.2 Å². The third-order valence-electron chi connectivity index (χ3n) is 4.88. The third-order valence-corrected chi connectivity index (χ3v) is 5.38. The summed E-state index contributed by atoms with van der Waals surface area (Å²) < 4.78 is 0.715. The molecule has 2 heterocycles. The Hall–Kier alpha value is -1.04. The molecular weight excluding hydrogens is 310 g/mol. The van der Waals surface area contributed by atoms with Crippen LogP contribution in [0.3, 0.4) is 0 Å². The number of para-hydroxylation sites is 1. The normalized spacial score (nSPS) is 21.2. The third kappa shape index (κ3) is 2.90. The fourth-order valence-corrected chi connectivity index (χ4v) is 3.98. The van der Waals surface area contributed by atoms with E-state index in [1.165, 1.54) is 16.5 Å². The van der Waals surface area contributed by atoms with E-state index in [4.69, 9.17) is 12.2 Å². The first kappa shape index (κ1) is 15.8. The number of rotatable bonds is 3. The van der Waals surface area contributed by atoms with Gasteiger partial charge in [-0.25, -0.2) is 0 Å². The first-order chi connectivity index (χ1) is 10.6. The Bertz CT molecular complexity index is 667. The van der Waals surface area contributed by atoms with Crippen LogP contribution in [0.2, 0.25) is 0 Å². The van der Waals surface area contributed by atoms with Crippen molar-refractivity contribution in [3.8, 4) is 0 Å². The van der Waals surface area contributed by atoms with E-state index in [9.17, 15) is 0 Å². The predicted octanol–water partition coefficient (Wildman–Crippen LogP) is 3.49. The predicted molar refractivity (Wildman–Crippen MR) is 101 cm³/mol. The smallest absolute Gasteiger partial charge is 0.133 e. The molecule has 1 aliphatic rings. The van der Waals surface area contributed by atoms with Crippen LogP contribution in [0.5, 0.6) is 0 Å². The highest BCUT2D eigenvalue weighted by Gasteiger charge is 2.32. The number of nitrogens with zero attached hydrogens (tertiary/aromatic N) is 2. The molecule has 22 heavy (non-hydrogen) atoms. The van der Waals surface area contributed by atoms with Gasteiger partial charge >= 0.3 is 0 Å². The minimum Gasteiger partial charge on any atom is -0.361 e. The highest BCUT2D eigenvalue weighted by molar-refractivity contribution is 8.10. The maximum absolute atomic E-state index is 5.38. The van der Waals surface area contributed by atoms with Crippen LogP contribution in [0, 0.1) is 0 Å². The molecule has 1 saturated heterocycles. The van der Waals surface area contributed by atoms with Crippen molar-refractivity contribution < 1.29 is 0 Å². The van der Waals surface area contributed by atoms with Crippen molar-refractivity contribution in [3.63, 3.8) is 0 Å². The summed E-state index contributed by atoms with van der Waals surface area (Å²) in [5.41, 5.74) is 2.57. The number of benzene rings is 1. The largest absolute Gasteiger partial charge is 0.361 e. The zero-order valence-electron chi connectivity index (χ0n) is 13.1. The molecule has 1 fully saturated rings. The maximum Gasteiger partial charge on any atom is 0.133 e. The van der Waals surface area contributed by atoms with Crippen LogP contribution in [0.1, 0.15) is 25.3 Å². The summed E-state index contributed by atoms with van der Waals surface area (Å²) in [6, 6.07) is 8.87. The molecule has 0 saturated carbocycles. The van der Waals surface area contributed by atoms with Crippen LogP contribution < -0.4 is 0 Å². The van der Waals surface area contributed by atoms with Crippen LogP contribution in [0.25, 0.3) is 10.9 Å². The second kappa shape index (κ2) is 6.60. The van der Waals surface area contributed by atoms with E-state index in [1.807, 2.05) is 0 Å². The first-order valence-corrected chi connectivity index (χ1v) is 8.75. The number of nitrogens with one attached hydrogen (secondary N) is 1. The molecule has 3 nitrogen and oxygen atoms in total.